The van der Waals surface area contributed by atoms with Gasteiger partial charge < -0.3 is 20.1 Å². The third-order valence-corrected chi connectivity index (χ3v) is 5.18. The molecule has 2 N–H and O–H groups in total. The van der Waals surface area contributed by atoms with Crippen molar-refractivity contribution in [3.8, 4) is 0 Å². The number of morpholine rings is 1. The summed E-state index contributed by atoms with van der Waals surface area (Å²) in [5.74, 6) is 0.0665. The van der Waals surface area contributed by atoms with E-state index >= 15 is 0 Å². The van der Waals surface area contributed by atoms with E-state index in [1.165, 1.54) is 5.56 Å². The predicted octanol–water partition coefficient (Wildman–Crippen LogP) is 2.32. The van der Waals surface area contributed by atoms with Gasteiger partial charge in [-0.1, -0.05) is 12.1 Å². The van der Waals surface area contributed by atoms with Gasteiger partial charge in [-0.3, -0.25) is 9.69 Å². The van der Waals surface area contributed by atoms with Crippen LogP contribution in [0.4, 0.5) is 5.69 Å². The molecular formula is C19H31Cl2N3O3. The lowest BCUT2D eigenvalue weighted by atomic mass is 9.78. The number of hydrogen-bond donors (Lipinski definition) is 2. The van der Waals surface area contributed by atoms with Crippen LogP contribution in [0.2, 0.25) is 0 Å². The molecule has 1 aromatic carbocycles. The number of nitrogens with one attached hydrogen (secondary N) is 2. The van der Waals surface area contributed by atoms with Gasteiger partial charge in [-0.25, -0.2) is 0 Å². The van der Waals surface area contributed by atoms with E-state index in [0.29, 0.717) is 6.61 Å². The number of piperidine rings is 1. The fraction of sp³-hybridized carbons (Fsp3) is 0.632. The number of nitrogens with zero attached hydrogens (tertiary/aromatic N) is 1. The zero-order chi connectivity index (χ0) is 17.5. The molecule has 0 aromatic heterocycles. The SMILES string of the molecule is COCC1(C(=O)Nc2ccc(CN3CCOCC3)cc2)CCNCC1.Cl.Cl. The van der Waals surface area contributed by atoms with Crippen LogP contribution >= 0.6 is 24.8 Å². The summed E-state index contributed by atoms with van der Waals surface area (Å²) in [6, 6.07) is 8.18. The molecular weight excluding hydrogens is 389 g/mol. The van der Waals surface area contributed by atoms with Crippen LogP contribution in [-0.2, 0) is 20.8 Å². The van der Waals surface area contributed by atoms with E-state index in [1.807, 2.05) is 12.1 Å². The summed E-state index contributed by atoms with van der Waals surface area (Å²) in [6.07, 6.45) is 1.61. The minimum atomic E-state index is -0.424. The zero-order valence-corrected chi connectivity index (χ0v) is 17.5. The van der Waals surface area contributed by atoms with E-state index in [-0.39, 0.29) is 30.7 Å². The fourth-order valence-electron chi connectivity index (χ4n) is 3.59. The van der Waals surface area contributed by atoms with Gasteiger partial charge in [-0.15, -0.1) is 24.8 Å². The molecule has 0 saturated carbocycles. The molecule has 6 nitrogen and oxygen atoms in total. The van der Waals surface area contributed by atoms with Gasteiger partial charge in [0.2, 0.25) is 5.91 Å². The summed E-state index contributed by atoms with van der Waals surface area (Å²) in [5.41, 5.74) is 1.69. The average molecular weight is 420 g/mol. The topological polar surface area (TPSA) is 62.8 Å². The molecule has 8 heteroatoms. The predicted molar refractivity (Wildman–Crippen MR) is 112 cm³/mol. The van der Waals surface area contributed by atoms with Gasteiger partial charge in [-0.05, 0) is 43.6 Å². The molecule has 0 aliphatic carbocycles. The first kappa shape index (κ1) is 24.1. The number of amides is 1. The van der Waals surface area contributed by atoms with Crippen LogP contribution in [0.25, 0.3) is 0 Å². The van der Waals surface area contributed by atoms with Crippen molar-refractivity contribution in [2.45, 2.75) is 19.4 Å². The van der Waals surface area contributed by atoms with Crippen LogP contribution in [0.15, 0.2) is 24.3 Å². The highest BCUT2D eigenvalue weighted by molar-refractivity contribution is 5.95. The Bertz CT molecular complexity index is 554. The molecule has 2 fully saturated rings. The molecule has 1 amide bonds. The van der Waals surface area contributed by atoms with E-state index in [2.05, 4.69) is 27.7 Å². The number of anilines is 1. The van der Waals surface area contributed by atoms with Crippen LogP contribution in [0, 0.1) is 5.41 Å². The van der Waals surface area contributed by atoms with E-state index in [9.17, 15) is 4.79 Å². The fourth-order valence-corrected chi connectivity index (χ4v) is 3.59. The summed E-state index contributed by atoms with van der Waals surface area (Å²) in [6.45, 7) is 6.68. The van der Waals surface area contributed by atoms with Crippen LogP contribution in [0.5, 0.6) is 0 Å². The highest BCUT2D eigenvalue weighted by Gasteiger charge is 2.39. The number of methoxy groups -OCH3 is 1. The van der Waals surface area contributed by atoms with Gasteiger partial charge in [0.05, 0.1) is 25.2 Å². The molecule has 0 unspecified atom stereocenters. The number of halogens is 2. The maximum absolute atomic E-state index is 12.8. The van der Waals surface area contributed by atoms with E-state index in [4.69, 9.17) is 9.47 Å². The van der Waals surface area contributed by atoms with Crippen LogP contribution in [-0.4, -0.2) is 63.9 Å². The van der Waals surface area contributed by atoms with E-state index < -0.39 is 5.41 Å². The highest BCUT2D eigenvalue weighted by atomic mass is 35.5. The van der Waals surface area contributed by atoms with Crippen molar-refractivity contribution in [2.75, 3.05) is 58.4 Å². The Kier molecular flexibility index (Phi) is 10.6. The summed E-state index contributed by atoms with van der Waals surface area (Å²) in [5, 5.41) is 6.40. The molecule has 27 heavy (non-hydrogen) atoms. The van der Waals surface area contributed by atoms with E-state index in [0.717, 1.165) is 64.5 Å². The normalized spacial score (nSPS) is 19.4. The second-order valence-corrected chi connectivity index (χ2v) is 7.00. The lowest BCUT2D eigenvalue weighted by Gasteiger charge is -2.35. The van der Waals surface area contributed by atoms with Crippen molar-refractivity contribution in [3.05, 3.63) is 29.8 Å². The Labute approximate surface area is 174 Å². The van der Waals surface area contributed by atoms with Crippen molar-refractivity contribution in [1.29, 1.82) is 0 Å². The summed E-state index contributed by atoms with van der Waals surface area (Å²) >= 11 is 0. The Balaban J connectivity index is 0.00000182. The van der Waals surface area contributed by atoms with Crippen molar-refractivity contribution in [3.63, 3.8) is 0 Å². The number of hydrogen-bond acceptors (Lipinski definition) is 5. The average Bonchev–Trinajstić information content (AvgIpc) is 2.65. The van der Waals surface area contributed by atoms with Gasteiger partial charge in [0.25, 0.3) is 0 Å². The van der Waals surface area contributed by atoms with Gasteiger partial charge in [0.15, 0.2) is 0 Å². The first-order valence-electron chi connectivity index (χ1n) is 9.12. The monoisotopic (exact) mass is 419 g/mol. The molecule has 2 aliphatic rings. The van der Waals surface area contributed by atoms with Crippen molar-refractivity contribution >= 4 is 36.4 Å². The molecule has 154 valence electrons. The van der Waals surface area contributed by atoms with Crippen LogP contribution in [0.3, 0.4) is 0 Å². The molecule has 0 radical (unpaired) electrons. The first-order valence-corrected chi connectivity index (χ1v) is 9.12. The minimum Gasteiger partial charge on any atom is -0.384 e. The Morgan fingerprint density at radius 1 is 1.19 bits per heavy atom. The van der Waals surface area contributed by atoms with Crippen molar-refractivity contribution in [2.24, 2.45) is 5.41 Å². The van der Waals surface area contributed by atoms with Crippen LogP contribution < -0.4 is 10.6 Å². The minimum absolute atomic E-state index is 0. The van der Waals surface area contributed by atoms with Crippen molar-refractivity contribution in [1.82, 2.24) is 10.2 Å². The lowest BCUT2D eigenvalue weighted by Crippen LogP contribution is -2.47. The van der Waals surface area contributed by atoms with Gasteiger partial charge in [0, 0.05) is 32.4 Å². The van der Waals surface area contributed by atoms with Gasteiger partial charge in [-0.2, -0.15) is 0 Å². The largest absolute Gasteiger partial charge is 0.384 e. The van der Waals surface area contributed by atoms with Crippen molar-refractivity contribution < 1.29 is 14.3 Å². The highest BCUT2D eigenvalue weighted by Crippen LogP contribution is 2.31. The summed E-state index contributed by atoms with van der Waals surface area (Å²) < 4.78 is 10.7. The number of rotatable bonds is 6. The molecule has 2 saturated heterocycles. The molecule has 1 aromatic rings. The first-order chi connectivity index (χ1) is 12.2. The van der Waals surface area contributed by atoms with Crippen LogP contribution in [0.1, 0.15) is 18.4 Å². The number of ether oxygens (including phenoxy) is 2. The molecule has 3 rings (SSSR count). The molecule has 0 bridgehead atoms. The van der Waals surface area contributed by atoms with E-state index in [1.54, 1.807) is 7.11 Å². The second-order valence-electron chi connectivity index (χ2n) is 7.00. The molecule has 2 aliphatic heterocycles. The van der Waals surface area contributed by atoms with Gasteiger partial charge in [0.1, 0.15) is 0 Å². The third-order valence-electron chi connectivity index (χ3n) is 5.18. The number of carbonyl (C=O) groups is 1. The molecule has 0 spiro atoms. The van der Waals surface area contributed by atoms with Gasteiger partial charge >= 0.3 is 0 Å². The lowest BCUT2D eigenvalue weighted by molar-refractivity contribution is -0.130. The molecule has 0 atom stereocenters. The number of benzene rings is 1. The maximum Gasteiger partial charge on any atom is 0.233 e. The maximum atomic E-state index is 12.8. The quantitative estimate of drug-likeness (QED) is 0.740. The Hall–Kier alpha value is -0.890. The summed E-state index contributed by atoms with van der Waals surface area (Å²) in [7, 11) is 1.66. The second kappa shape index (κ2) is 11.8. The standard InChI is InChI=1S/C19H29N3O3.2ClH/c1-24-15-19(6-8-20-9-7-19)18(23)21-17-4-2-16(3-5-17)14-22-10-12-25-13-11-22;;/h2-5,20H,6-15H2,1H3,(H,21,23);2*1H. The summed E-state index contributed by atoms with van der Waals surface area (Å²) in [4.78, 5) is 15.2. The third kappa shape index (κ3) is 6.59. The Morgan fingerprint density at radius 3 is 2.41 bits per heavy atom. The number of carbonyl (C=O) groups excluding carboxylic acids is 1. The smallest absolute Gasteiger partial charge is 0.233 e. The Morgan fingerprint density at radius 2 is 1.81 bits per heavy atom. The molecule has 2 heterocycles. The zero-order valence-electron chi connectivity index (χ0n) is 15.9.